The molecule has 0 aliphatic carbocycles. The zero-order valence-electron chi connectivity index (χ0n) is 15.5. The number of hydrogen-bond donors (Lipinski definition) is 1. The molecule has 2 saturated heterocycles. The van der Waals surface area contributed by atoms with Gasteiger partial charge in [-0.25, -0.2) is 0 Å². The Morgan fingerprint density at radius 1 is 1.28 bits per heavy atom. The number of halogens is 1. The molecule has 1 aromatic rings. The first-order valence-electron chi connectivity index (χ1n) is 9.39. The number of carbonyl (C=O) groups excluding carboxylic acids is 1. The zero-order chi connectivity index (χ0) is 16.9. The lowest BCUT2D eigenvalue weighted by Gasteiger charge is -2.41. The highest BCUT2D eigenvalue weighted by Crippen LogP contribution is 2.28. The first kappa shape index (κ1) is 20.2. The van der Waals surface area contributed by atoms with E-state index in [0.717, 1.165) is 32.7 Å². The smallest absolute Gasteiger partial charge is 0.223 e. The summed E-state index contributed by atoms with van der Waals surface area (Å²) in [6.45, 7) is 7.18. The molecule has 2 heterocycles. The van der Waals surface area contributed by atoms with Crippen molar-refractivity contribution in [1.82, 2.24) is 15.1 Å². The lowest BCUT2D eigenvalue weighted by molar-refractivity contribution is -0.137. The van der Waals surface area contributed by atoms with Gasteiger partial charge >= 0.3 is 0 Å². The molecule has 0 aromatic heterocycles. The fourth-order valence-electron chi connectivity index (χ4n) is 4.10. The maximum absolute atomic E-state index is 13.0. The lowest BCUT2D eigenvalue weighted by Crippen LogP contribution is -2.49. The highest BCUT2D eigenvalue weighted by atomic mass is 35.5. The van der Waals surface area contributed by atoms with Crippen LogP contribution in [0.2, 0.25) is 0 Å². The van der Waals surface area contributed by atoms with E-state index in [9.17, 15) is 4.79 Å². The van der Waals surface area contributed by atoms with E-state index < -0.39 is 0 Å². The van der Waals surface area contributed by atoms with Gasteiger partial charge in [-0.05, 0) is 50.4 Å². The molecule has 0 spiro atoms. The molecule has 1 N–H and O–H groups in total. The van der Waals surface area contributed by atoms with Crippen molar-refractivity contribution in [2.45, 2.75) is 32.2 Å². The van der Waals surface area contributed by atoms with E-state index >= 15 is 0 Å². The van der Waals surface area contributed by atoms with Gasteiger partial charge in [-0.2, -0.15) is 0 Å². The summed E-state index contributed by atoms with van der Waals surface area (Å²) in [7, 11) is 2.15. The standard InChI is InChI=1S/C20H31N3O.ClH/c1-16(18-9-6-10-21-14-18)13-20(24)23-12-11-22(2)15-19(23)17-7-4-3-5-8-17;/h3-5,7-8,16,18-19,21H,6,9-15H2,1-2H3;1H. The van der Waals surface area contributed by atoms with Gasteiger partial charge in [-0.1, -0.05) is 37.3 Å². The van der Waals surface area contributed by atoms with Crippen molar-refractivity contribution in [2.75, 3.05) is 39.8 Å². The van der Waals surface area contributed by atoms with Crippen LogP contribution >= 0.6 is 12.4 Å². The third kappa shape index (κ3) is 5.19. The second-order valence-corrected chi connectivity index (χ2v) is 7.56. The third-order valence-corrected chi connectivity index (χ3v) is 5.72. The van der Waals surface area contributed by atoms with E-state index in [-0.39, 0.29) is 18.4 Å². The summed E-state index contributed by atoms with van der Waals surface area (Å²) in [6.07, 6.45) is 3.18. The molecule has 2 aliphatic rings. The molecule has 3 atom stereocenters. The Hall–Kier alpha value is -1.10. The molecular weight excluding hydrogens is 334 g/mol. The summed E-state index contributed by atoms with van der Waals surface area (Å²) in [5.74, 6) is 1.43. The van der Waals surface area contributed by atoms with Crippen molar-refractivity contribution in [3.05, 3.63) is 35.9 Å². The van der Waals surface area contributed by atoms with Gasteiger partial charge < -0.3 is 15.1 Å². The molecule has 1 amide bonds. The monoisotopic (exact) mass is 365 g/mol. The maximum atomic E-state index is 13.0. The highest BCUT2D eigenvalue weighted by Gasteiger charge is 2.32. The van der Waals surface area contributed by atoms with Crippen LogP contribution in [0, 0.1) is 11.8 Å². The fraction of sp³-hybridized carbons (Fsp3) is 0.650. The molecule has 25 heavy (non-hydrogen) atoms. The molecule has 4 nitrogen and oxygen atoms in total. The van der Waals surface area contributed by atoms with Gasteiger partial charge in [0.25, 0.3) is 0 Å². The molecule has 140 valence electrons. The van der Waals surface area contributed by atoms with Crippen molar-refractivity contribution in [3.8, 4) is 0 Å². The van der Waals surface area contributed by atoms with Crippen LogP contribution in [0.15, 0.2) is 30.3 Å². The average molecular weight is 366 g/mol. The number of rotatable bonds is 4. The van der Waals surface area contributed by atoms with Crippen LogP contribution in [-0.4, -0.2) is 55.5 Å². The van der Waals surface area contributed by atoms with E-state index in [1.165, 1.54) is 18.4 Å². The fourth-order valence-corrected chi connectivity index (χ4v) is 4.10. The molecule has 0 bridgehead atoms. The Kier molecular flexibility index (Phi) is 7.73. The molecule has 0 saturated carbocycles. The Morgan fingerprint density at radius 3 is 2.72 bits per heavy atom. The average Bonchev–Trinajstić information content (AvgIpc) is 2.63. The number of hydrogen-bond acceptors (Lipinski definition) is 3. The summed E-state index contributed by atoms with van der Waals surface area (Å²) >= 11 is 0. The van der Waals surface area contributed by atoms with Crippen LogP contribution in [0.1, 0.15) is 37.8 Å². The minimum atomic E-state index is 0. The minimum absolute atomic E-state index is 0. The van der Waals surface area contributed by atoms with Crippen molar-refractivity contribution in [2.24, 2.45) is 11.8 Å². The van der Waals surface area contributed by atoms with Crippen molar-refractivity contribution in [3.63, 3.8) is 0 Å². The van der Waals surface area contributed by atoms with Gasteiger partial charge in [0, 0.05) is 26.1 Å². The predicted molar refractivity (Wildman–Crippen MR) is 105 cm³/mol. The van der Waals surface area contributed by atoms with Gasteiger partial charge in [0.2, 0.25) is 5.91 Å². The Balaban J connectivity index is 0.00000225. The quantitative estimate of drug-likeness (QED) is 0.891. The van der Waals surface area contributed by atoms with Gasteiger partial charge in [-0.15, -0.1) is 12.4 Å². The van der Waals surface area contributed by atoms with E-state index in [4.69, 9.17) is 0 Å². The second kappa shape index (κ2) is 9.56. The number of nitrogens with zero attached hydrogens (tertiary/aromatic N) is 2. The molecule has 1 aromatic carbocycles. The van der Waals surface area contributed by atoms with Crippen molar-refractivity contribution in [1.29, 1.82) is 0 Å². The first-order chi connectivity index (χ1) is 11.6. The van der Waals surface area contributed by atoms with Gasteiger partial charge in [-0.3, -0.25) is 4.79 Å². The number of piperidine rings is 1. The number of nitrogens with one attached hydrogen (secondary N) is 1. The molecule has 2 fully saturated rings. The minimum Gasteiger partial charge on any atom is -0.333 e. The van der Waals surface area contributed by atoms with Crippen LogP contribution in [0.25, 0.3) is 0 Å². The Bertz CT molecular complexity index is 533. The predicted octanol–water partition coefficient (Wildman–Crippen LogP) is 2.95. The topological polar surface area (TPSA) is 35.6 Å². The molecular formula is C20H32ClN3O. The van der Waals surface area contributed by atoms with Crippen LogP contribution in [0.3, 0.4) is 0 Å². The maximum Gasteiger partial charge on any atom is 0.223 e. The van der Waals surface area contributed by atoms with Crippen LogP contribution in [0.4, 0.5) is 0 Å². The van der Waals surface area contributed by atoms with Crippen molar-refractivity contribution < 1.29 is 4.79 Å². The second-order valence-electron chi connectivity index (χ2n) is 7.56. The lowest BCUT2D eigenvalue weighted by atomic mass is 9.85. The number of piperazine rings is 1. The van der Waals surface area contributed by atoms with E-state index in [1.54, 1.807) is 0 Å². The molecule has 3 rings (SSSR count). The van der Waals surface area contributed by atoms with Gasteiger partial charge in [0.15, 0.2) is 0 Å². The first-order valence-corrected chi connectivity index (χ1v) is 9.39. The normalized spacial score (nSPS) is 25.9. The van der Waals surface area contributed by atoms with Gasteiger partial charge in [0.1, 0.15) is 0 Å². The number of benzene rings is 1. The third-order valence-electron chi connectivity index (χ3n) is 5.72. The number of amides is 1. The Morgan fingerprint density at radius 2 is 2.04 bits per heavy atom. The van der Waals surface area contributed by atoms with Crippen LogP contribution in [0.5, 0.6) is 0 Å². The van der Waals surface area contributed by atoms with Crippen LogP contribution in [-0.2, 0) is 4.79 Å². The van der Waals surface area contributed by atoms with E-state index in [2.05, 4.69) is 53.4 Å². The molecule has 0 radical (unpaired) electrons. The molecule has 3 unspecified atom stereocenters. The largest absolute Gasteiger partial charge is 0.333 e. The van der Waals surface area contributed by atoms with Crippen molar-refractivity contribution >= 4 is 18.3 Å². The summed E-state index contributed by atoms with van der Waals surface area (Å²) < 4.78 is 0. The SMILES string of the molecule is CC(CC(=O)N1CCN(C)CC1c1ccccc1)C1CCCNC1.Cl. The summed E-state index contributed by atoms with van der Waals surface area (Å²) in [4.78, 5) is 17.5. The molecule has 2 aliphatic heterocycles. The Labute approximate surface area is 158 Å². The van der Waals surface area contributed by atoms with Crippen LogP contribution < -0.4 is 5.32 Å². The zero-order valence-corrected chi connectivity index (χ0v) is 16.3. The highest BCUT2D eigenvalue weighted by molar-refractivity contribution is 5.85. The van der Waals surface area contributed by atoms with E-state index in [0.29, 0.717) is 24.2 Å². The number of carbonyl (C=O) groups is 1. The van der Waals surface area contributed by atoms with Gasteiger partial charge in [0.05, 0.1) is 6.04 Å². The summed E-state index contributed by atoms with van der Waals surface area (Å²) in [6, 6.07) is 10.7. The van der Waals surface area contributed by atoms with E-state index in [1.807, 2.05) is 6.07 Å². The summed E-state index contributed by atoms with van der Waals surface area (Å²) in [5, 5.41) is 3.48. The number of likely N-dealkylation sites (N-methyl/N-ethyl adjacent to an activating group) is 1. The summed E-state index contributed by atoms with van der Waals surface area (Å²) in [5.41, 5.74) is 1.25. The molecule has 5 heteroatoms.